The van der Waals surface area contributed by atoms with Crippen LogP contribution in [-0.4, -0.2) is 39.4 Å². The molecular formula is C11H20INO3. The highest BCUT2D eigenvalue weighted by atomic mass is 127. The van der Waals surface area contributed by atoms with E-state index < -0.39 is 11.3 Å². The molecule has 1 atom stereocenters. The highest BCUT2D eigenvalue weighted by molar-refractivity contribution is 14.1. The SMILES string of the molecule is CC(C)(C)OC(=O)N1C(CI)COC1(C)C. The van der Waals surface area contributed by atoms with Gasteiger partial charge in [0, 0.05) is 4.43 Å². The van der Waals surface area contributed by atoms with Gasteiger partial charge in [0.05, 0.1) is 12.6 Å². The molecule has 1 unspecified atom stereocenters. The van der Waals surface area contributed by atoms with E-state index in [0.717, 1.165) is 4.43 Å². The molecule has 0 aromatic carbocycles. The predicted octanol–water partition coefficient (Wildman–Crippen LogP) is 2.79. The van der Waals surface area contributed by atoms with Crippen molar-refractivity contribution < 1.29 is 14.3 Å². The van der Waals surface area contributed by atoms with Crippen molar-refractivity contribution in [1.82, 2.24) is 4.90 Å². The smallest absolute Gasteiger partial charge is 0.412 e. The summed E-state index contributed by atoms with van der Waals surface area (Å²) in [6.45, 7) is 9.97. The Balaban J connectivity index is 2.79. The molecule has 0 spiro atoms. The molecule has 0 aromatic heterocycles. The quantitative estimate of drug-likeness (QED) is 0.544. The second-order valence-electron chi connectivity index (χ2n) is 5.42. The van der Waals surface area contributed by atoms with Crippen molar-refractivity contribution >= 4 is 28.7 Å². The van der Waals surface area contributed by atoms with E-state index in [4.69, 9.17) is 9.47 Å². The molecule has 0 radical (unpaired) electrons. The zero-order valence-corrected chi connectivity index (χ0v) is 12.7. The minimum absolute atomic E-state index is 0.102. The van der Waals surface area contributed by atoms with Gasteiger partial charge in [-0.3, -0.25) is 4.90 Å². The third kappa shape index (κ3) is 3.23. The molecule has 1 fully saturated rings. The molecule has 1 amide bonds. The Labute approximate surface area is 111 Å². The van der Waals surface area contributed by atoms with Crippen LogP contribution in [0.2, 0.25) is 0 Å². The fourth-order valence-electron chi connectivity index (χ4n) is 1.68. The molecule has 0 N–H and O–H groups in total. The van der Waals surface area contributed by atoms with E-state index in [0.29, 0.717) is 6.61 Å². The van der Waals surface area contributed by atoms with Crippen LogP contribution in [0.3, 0.4) is 0 Å². The van der Waals surface area contributed by atoms with Gasteiger partial charge in [-0.2, -0.15) is 0 Å². The normalized spacial score (nSPS) is 24.6. The maximum atomic E-state index is 12.1. The van der Waals surface area contributed by atoms with E-state index >= 15 is 0 Å². The number of alkyl halides is 1. The molecule has 0 aliphatic carbocycles. The average Bonchev–Trinajstić information content (AvgIpc) is 2.37. The van der Waals surface area contributed by atoms with Gasteiger partial charge >= 0.3 is 6.09 Å². The van der Waals surface area contributed by atoms with Crippen LogP contribution in [0.1, 0.15) is 34.6 Å². The fraction of sp³-hybridized carbons (Fsp3) is 0.909. The summed E-state index contributed by atoms with van der Waals surface area (Å²) in [5, 5.41) is 0. The van der Waals surface area contributed by atoms with E-state index in [1.54, 1.807) is 4.90 Å². The summed E-state index contributed by atoms with van der Waals surface area (Å²) >= 11 is 2.26. The standard InChI is InChI=1S/C11H20INO3/c1-10(2,3)16-9(14)13-8(6-12)7-15-11(13,4)5/h8H,6-7H2,1-5H3. The molecule has 1 heterocycles. The van der Waals surface area contributed by atoms with Crippen LogP contribution in [0, 0.1) is 0 Å². The summed E-state index contributed by atoms with van der Waals surface area (Å²) < 4.78 is 11.9. The lowest BCUT2D eigenvalue weighted by Gasteiger charge is -2.34. The minimum Gasteiger partial charge on any atom is -0.444 e. The second-order valence-corrected chi connectivity index (χ2v) is 6.30. The van der Waals surface area contributed by atoms with Gasteiger partial charge in [-0.15, -0.1) is 0 Å². The number of ether oxygens (including phenoxy) is 2. The van der Waals surface area contributed by atoms with Crippen molar-refractivity contribution in [3.05, 3.63) is 0 Å². The van der Waals surface area contributed by atoms with Gasteiger partial charge in [0.1, 0.15) is 11.3 Å². The zero-order valence-electron chi connectivity index (χ0n) is 10.5. The molecule has 5 heteroatoms. The van der Waals surface area contributed by atoms with Gasteiger partial charge in [0.25, 0.3) is 0 Å². The Bertz CT molecular complexity index is 273. The molecule has 0 saturated carbocycles. The van der Waals surface area contributed by atoms with Crippen molar-refractivity contribution in [3.63, 3.8) is 0 Å². The Hall–Kier alpha value is -0.0400. The molecule has 4 nitrogen and oxygen atoms in total. The summed E-state index contributed by atoms with van der Waals surface area (Å²) in [4.78, 5) is 13.8. The summed E-state index contributed by atoms with van der Waals surface area (Å²) in [6, 6.07) is 0.102. The van der Waals surface area contributed by atoms with Gasteiger partial charge < -0.3 is 9.47 Å². The number of rotatable bonds is 1. The molecule has 1 aliphatic rings. The largest absolute Gasteiger partial charge is 0.444 e. The number of carbonyl (C=O) groups excluding carboxylic acids is 1. The number of hydrogen-bond donors (Lipinski definition) is 0. The molecule has 0 aromatic rings. The summed E-state index contributed by atoms with van der Waals surface area (Å²) in [5.74, 6) is 0. The molecule has 1 rings (SSSR count). The van der Waals surface area contributed by atoms with Crippen molar-refractivity contribution in [3.8, 4) is 0 Å². The van der Waals surface area contributed by atoms with Gasteiger partial charge in [0.2, 0.25) is 0 Å². The lowest BCUT2D eigenvalue weighted by molar-refractivity contribution is -0.0616. The van der Waals surface area contributed by atoms with Gasteiger partial charge in [-0.05, 0) is 34.6 Å². The lowest BCUT2D eigenvalue weighted by Crippen LogP contribution is -2.50. The molecule has 1 saturated heterocycles. The van der Waals surface area contributed by atoms with Crippen molar-refractivity contribution in [2.24, 2.45) is 0 Å². The third-order valence-corrected chi connectivity index (χ3v) is 3.36. The zero-order chi connectivity index (χ0) is 12.6. The Morgan fingerprint density at radius 2 is 2.12 bits per heavy atom. The first-order valence-electron chi connectivity index (χ1n) is 5.39. The van der Waals surface area contributed by atoms with Crippen LogP contribution in [-0.2, 0) is 9.47 Å². The van der Waals surface area contributed by atoms with Crippen LogP contribution in [0.5, 0.6) is 0 Å². The summed E-state index contributed by atoms with van der Waals surface area (Å²) in [5.41, 5.74) is -1.04. The topological polar surface area (TPSA) is 38.8 Å². The van der Waals surface area contributed by atoms with Crippen LogP contribution >= 0.6 is 22.6 Å². The van der Waals surface area contributed by atoms with Crippen LogP contribution in [0.25, 0.3) is 0 Å². The van der Waals surface area contributed by atoms with Crippen LogP contribution < -0.4 is 0 Å². The maximum Gasteiger partial charge on any atom is 0.412 e. The maximum absolute atomic E-state index is 12.1. The Morgan fingerprint density at radius 3 is 2.56 bits per heavy atom. The van der Waals surface area contributed by atoms with E-state index in [-0.39, 0.29) is 12.1 Å². The molecule has 94 valence electrons. The first-order valence-corrected chi connectivity index (χ1v) is 6.92. The number of carbonyl (C=O) groups is 1. The highest BCUT2D eigenvalue weighted by Crippen LogP contribution is 2.30. The van der Waals surface area contributed by atoms with E-state index in [1.807, 2.05) is 34.6 Å². The Morgan fingerprint density at radius 1 is 1.56 bits per heavy atom. The van der Waals surface area contributed by atoms with Crippen molar-refractivity contribution in [2.45, 2.75) is 52.0 Å². The number of amides is 1. The van der Waals surface area contributed by atoms with E-state index in [2.05, 4.69) is 22.6 Å². The molecular weight excluding hydrogens is 321 g/mol. The van der Waals surface area contributed by atoms with E-state index in [9.17, 15) is 4.79 Å². The fourth-order valence-corrected chi connectivity index (χ4v) is 2.33. The van der Waals surface area contributed by atoms with Gasteiger partial charge in [0.15, 0.2) is 0 Å². The molecule has 0 bridgehead atoms. The Kier molecular flexibility index (Phi) is 4.10. The van der Waals surface area contributed by atoms with Crippen molar-refractivity contribution in [2.75, 3.05) is 11.0 Å². The number of halogens is 1. The number of nitrogens with zero attached hydrogens (tertiary/aromatic N) is 1. The van der Waals surface area contributed by atoms with Crippen LogP contribution in [0.4, 0.5) is 4.79 Å². The first kappa shape index (κ1) is 14.0. The van der Waals surface area contributed by atoms with Gasteiger partial charge in [-0.25, -0.2) is 4.79 Å². The lowest BCUT2D eigenvalue weighted by atomic mass is 10.2. The summed E-state index contributed by atoms with van der Waals surface area (Å²) in [6.07, 6.45) is -0.295. The minimum atomic E-state index is -0.571. The van der Waals surface area contributed by atoms with Crippen LogP contribution in [0.15, 0.2) is 0 Å². The average molecular weight is 341 g/mol. The molecule has 1 aliphatic heterocycles. The first-order chi connectivity index (χ1) is 7.17. The van der Waals surface area contributed by atoms with E-state index in [1.165, 1.54) is 0 Å². The molecule has 16 heavy (non-hydrogen) atoms. The number of hydrogen-bond acceptors (Lipinski definition) is 3. The predicted molar refractivity (Wildman–Crippen MR) is 70.8 cm³/mol. The van der Waals surface area contributed by atoms with Gasteiger partial charge in [-0.1, -0.05) is 22.6 Å². The summed E-state index contributed by atoms with van der Waals surface area (Å²) in [7, 11) is 0. The second kappa shape index (κ2) is 4.68. The third-order valence-electron chi connectivity index (χ3n) is 2.34. The van der Waals surface area contributed by atoms with Crippen molar-refractivity contribution in [1.29, 1.82) is 0 Å². The highest BCUT2D eigenvalue weighted by Gasteiger charge is 2.45. The monoisotopic (exact) mass is 341 g/mol.